The Kier molecular flexibility index (Phi) is 4.01. The van der Waals surface area contributed by atoms with Crippen LogP contribution in [0, 0.1) is 5.92 Å². The lowest BCUT2D eigenvalue weighted by Crippen LogP contribution is -2.33. The summed E-state index contributed by atoms with van der Waals surface area (Å²) in [5.41, 5.74) is 1.85. The number of nitrogens with zero attached hydrogens (tertiary/aromatic N) is 2. The van der Waals surface area contributed by atoms with E-state index in [1.807, 2.05) is 24.8 Å². The van der Waals surface area contributed by atoms with Gasteiger partial charge < -0.3 is 10.0 Å². The fourth-order valence-electron chi connectivity index (χ4n) is 2.47. The molecule has 0 spiro atoms. The highest BCUT2D eigenvalue weighted by molar-refractivity contribution is 5.78. The van der Waals surface area contributed by atoms with Crippen LogP contribution in [0.1, 0.15) is 44.1 Å². The number of likely N-dealkylation sites (tertiary alicyclic amines) is 1. The van der Waals surface area contributed by atoms with Crippen molar-refractivity contribution in [3.05, 3.63) is 17.5 Å². The molecule has 1 amide bonds. The smallest absolute Gasteiger partial charge is 0.225 e. The molecule has 2 N–H and O–H groups in total. The summed E-state index contributed by atoms with van der Waals surface area (Å²) in [5.74, 6) is 0.227. The van der Waals surface area contributed by atoms with Crippen LogP contribution in [0.2, 0.25) is 0 Å². The first-order valence-corrected chi connectivity index (χ1v) is 6.59. The van der Waals surface area contributed by atoms with Gasteiger partial charge in [-0.2, -0.15) is 5.10 Å². The van der Waals surface area contributed by atoms with Crippen molar-refractivity contribution in [1.82, 2.24) is 15.1 Å². The number of nitrogens with one attached hydrogen (secondary N) is 1. The van der Waals surface area contributed by atoms with Crippen molar-refractivity contribution in [3.8, 4) is 0 Å². The number of hydrogen-bond donors (Lipinski definition) is 2. The molecule has 2 heterocycles. The molecule has 5 heteroatoms. The Bertz CT molecular complexity index is 414. The third-order valence-corrected chi connectivity index (χ3v) is 3.40. The fourth-order valence-corrected chi connectivity index (χ4v) is 2.47. The quantitative estimate of drug-likeness (QED) is 0.846. The van der Waals surface area contributed by atoms with E-state index in [0.29, 0.717) is 6.42 Å². The van der Waals surface area contributed by atoms with Crippen molar-refractivity contribution in [3.63, 3.8) is 0 Å². The topological polar surface area (TPSA) is 69.2 Å². The van der Waals surface area contributed by atoms with Crippen LogP contribution in [0.15, 0.2) is 6.07 Å². The average molecular weight is 251 g/mol. The molecule has 1 atom stereocenters. The van der Waals surface area contributed by atoms with E-state index < -0.39 is 0 Å². The Balaban J connectivity index is 2.12. The van der Waals surface area contributed by atoms with Crippen LogP contribution < -0.4 is 0 Å². The van der Waals surface area contributed by atoms with Gasteiger partial charge in [0.1, 0.15) is 0 Å². The number of H-pyrrole nitrogens is 1. The van der Waals surface area contributed by atoms with Crippen molar-refractivity contribution in [1.29, 1.82) is 0 Å². The molecule has 1 aliphatic rings. The maximum Gasteiger partial charge on any atom is 0.225 e. The van der Waals surface area contributed by atoms with E-state index in [9.17, 15) is 4.79 Å². The highest BCUT2D eigenvalue weighted by Crippen LogP contribution is 2.32. The predicted octanol–water partition coefficient (Wildman–Crippen LogP) is 1.26. The summed E-state index contributed by atoms with van der Waals surface area (Å²) < 4.78 is 0. The number of carbonyl (C=O) groups is 1. The molecule has 18 heavy (non-hydrogen) atoms. The van der Waals surface area contributed by atoms with Gasteiger partial charge in [0, 0.05) is 31.2 Å². The first kappa shape index (κ1) is 13.1. The molecule has 1 aliphatic heterocycles. The number of hydrogen-bond acceptors (Lipinski definition) is 3. The van der Waals surface area contributed by atoms with Crippen LogP contribution in [0.3, 0.4) is 0 Å². The van der Waals surface area contributed by atoms with Crippen LogP contribution in [0.5, 0.6) is 0 Å². The Morgan fingerprint density at radius 3 is 3.11 bits per heavy atom. The Hall–Kier alpha value is -1.36. The number of rotatable bonds is 4. The SMILES string of the molecule is CC(C)C(=O)N1CCC[C@H]1c1cc(CCO)[nH]n1. The minimum atomic E-state index is 0.0291. The van der Waals surface area contributed by atoms with Crippen LogP contribution in [-0.4, -0.2) is 39.3 Å². The highest BCUT2D eigenvalue weighted by atomic mass is 16.3. The number of aliphatic hydroxyl groups is 1. The minimum absolute atomic E-state index is 0.0291. The molecule has 0 radical (unpaired) electrons. The molecule has 1 aromatic rings. The van der Waals surface area contributed by atoms with Crippen molar-refractivity contribution in [2.24, 2.45) is 5.92 Å². The summed E-state index contributed by atoms with van der Waals surface area (Å²) in [6.45, 7) is 4.80. The van der Waals surface area contributed by atoms with E-state index in [2.05, 4.69) is 10.2 Å². The maximum absolute atomic E-state index is 12.1. The number of aliphatic hydroxyl groups excluding tert-OH is 1. The summed E-state index contributed by atoms with van der Waals surface area (Å²) in [4.78, 5) is 14.0. The fraction of sp³-hybridized carbons (Fsp3) is 0.692. The normalized spacial score (nSPS) is 19.8. The van der Waals surface area contributed by atoms with Gasteiger partial charge >= 0.3 is 0 Å². The summed E-state index contributed by atoms with van der Waals surface area (Å²) in [6, 6.07) is 2.07. The molecule has 1 saturated heterocycles. The van der Waals surface area contributed by atoms with E-state index >= 15 is 0 Å². The summed E-state index contributed by atoms with van der Waals surface area (Å²) in [6.07, 6.45) is 2.59. The van der Waals surface area contributed by atoms with E-state index in [1.165, 1.54) is 0 Å². The zero-order valence-corrected chi connectivity index (χ0v) is 11.0. The standard InChI is InChI=1S/C13H21N3O2/c1-9(2)13(18)16-6-3-4-12(16)11-8-10(5-7-17)14-15-11/h8-9,12,17H,3-7H2,1-2H3,(H,14,15)/t12-/m0/s1. The third-order valence-electron chi connectivity index (χ3n) is 3.40. The second kappa shape index (κ2) is 5.52. The molecule has 1 aromatic heterocycles. The number of carbonyl (C=O) groups excluding carboxylic acids is 1. The van der Waals surface area contributed by atoms with E-state index in [4.69, 9.17) is 5.11 Å². The largest absolute Gasteiger partial charge is 0.396 e. The van der Waals surface area contributed by atoms with Crippen molar-refractivity contribution in [2.45, 2.75) is 39.2 Å². The van der Waals surface area contributed by atoms with Crippen molar-refractivity contribution in [2.75, 3.05) is 13.2 Å². The summed E-state index contributed by atoms with van der Waals surface area (Å²) >= 11 is 0. The Morgan fingerprint density at radius 2 is 2.44 bits per heavy atom. The molecular weight excluding hydrogens is 230 g/mol. The lowest BCUT2D eigenvalue weighted by atomic mass is 10.1. The van der Waals surface area contributed by atoms with Gasteiger partial charge in [0.15, 0.2) is 0 Å². The zero-order valence-electron chi connectivity index (χ0n) is 11.0. The van der Waals surface area contributed by atoms with Gasteiger partial charge in [0.25, 0.3) is 0 Å². The number of amides is 1. The summed E-state index contributed by atoms with van der Waals surface area (Å²) in [5, 5.41) is 16.1. The zero-order chi connectivity index (χ0) is 13.1. The molecule has 5 nitrogen and oxygen atoms in total. The van der Waals surface area contributed by atoms with Gasteiger partial charge in [-0.15, -0.1) is 0 Å². The van der Waals surface area contributed by atoms with Gasteiger partial charge in [-0.25, -0.2) is 0 Å². The van der Waals surface area contributed by atoms with Gasteiger partial charge in [0.2, 0.25) is 5.91 Å². The Labute approximate surface area is 107 Å². The van der Waals surface area contributed by atoms with Crippen LogP contribution in [-0.2, 0) is 11.2 Å². The van der Waals surface area contributed by atoms with Crippen LogP contribution in [0.4, 0.5) is 0 Å². The van der Waals surface area contributed by atoms with Gasteiger partial charge in [-0.3, -0.25) is 9.89 Å². The molecule has 2 rings (SSSR count). The molecule has 0 aromatic carbocycles. The van der Waals surface area contributed by atoms with Crippen molar-refractivity contribution < 1.29 is 9.90 Å². The minimum Gasteiger partial charge on any atom is -0.396 e. The molecular formula is C13H21N3O2. The van der Waals surface area contributed by atoms with Crippen LogP contribution in [0.25, 0.3) is 0 Å². The second-order valence-corrected chi connectivity index (χ2v) is 5.14. The van der Waals surface area contributed by atoms with Gasteiger partial charge in [0.05, 0.1) is 11.7 Å². The third kappa shape index (κ3) is 2.56. The lowest BCUT2D eigenvalue weighted by Gasteiger charge is -2.25. The number of aromatic amines is 1. The molecule has 100 valence electrons. The molecule has 1 fully saturated rings. The molecule has 0 aliphatic carbocycles. The van der Waals surface area contributed by atoms with Gasteiger partial charge in [-0.1, -0.05) is 13.8 Å². The molecule has 0 bridgehead atoms. The second-order valence-electron chi connectivity index (χ2n) is 5.14. The first-order valence-electron chi connectivity index (χ1n) is 6.59. The highest BCUT2D eigenvalue weighted by Gasteiger charge is 2.32. The van der Waals surface area contributed by atoms with Crippen LogP contribution >= 0.6 is 0 Å². The molecule has 0 unspecified atom stereocenters. The summed E-state index contributed by atoms with van der Waals surface area (Å²) in [7, 11) is 0. The number of aromatic nitrogens is 2. The van der Waals surface area contributed by atoms with Gasteiger partial charge in [-0.05, 0) is 18.9 Å². The van der Waals surface area contributed by atoms with E-state index in [0.717, 1.165) is 30.8 Å². The predicted molar refractivity (Wildman–Crippen MR) is 67.9 cm³/mol. The molecule has 0 saturated carbocycles. The van der Waals surface area contributed by atoms with Crippen molar-refractivity contribution >= 4 is 5.91 Å². The average Bonchev–Trinajstić information content (AvgIpc) is 2.95. The first-order chi connectivity index (χ1) is 8.63. The van der Waals surface area contributed by atoms with E-state index in [1.54, 1.807) is 0 Å². The monoisotopic (exact) mass is 251 g/mol. The lowest BCUT2D eigenvalue weighted by molar-refractivity contribution is -0.135. The Morgan fingerprint density at radius 1 is 1.67 bits per heavy atom. The maximum atomic E-state index is 12.1. The van der Waals surface area contributed by atoms with E-state index in [-0.39, 0.29) is 24.5 Å².